The Labute approximate surface area is 617 Å². The first-order valence-corrected chi connectivity index (χ1v) is 46.5. The van der Waals surface area contributed by atoms with Crippen molar-refractivity contribution >= 4 is 102 Å². The molecule has 3 heterocycles. The molecule has 6 aromatic carbocycles. The fourth-order valence-corrected chi connectivity index (χ4v) is 33.1. The fraction of sp³-hybridized carbons (Fsp3) is 0.464. The second-order valence-corrected chi connectivity index (χ2v) is 42.7. The molecule has 0 unspecified atom stereocenters. The number of unbranched alkanes of at least 4 members (excludes halogenated alkanes) is 9. The first kappa shape index (κ1) is 81.4. The first-order chi connectivity index (χ1) is 47.9. The normalized spacial score (nSPS) is 12.8. The summed E-state index contributed by atoms with van der Waals surface area (Å²) in [6, 6.07) is 46.2. The molecule has 0 saturated carbocycles. The quantitative estimate of drug-likeness (QED) is 0.0275. The molecule has 0 spiro atoms. The van der Waals surface area contributed by atoms with Crippen LogP contribution < -0.4 is 32.2 Å². The molecule has 3 atom stereocenters. The number of halogens is 3. The zero-order valence-electron chi connectivity index (χ0n) is 60.3. The van der Waals surface area contributed by atoms with E-state index in [9.17, 15) is 29.7 Å². The molecule has 0 radical (unpaired) electrons. The lowest BCUT2D eigenvalue weighted by Crippen LogP contribution is -2.24. The van der Waals surface area contributed by atoms with Gasteiger partial charge in [-0.15, -0.1) is 0 Å². The molecule has 15 heteroatoms. The Kier molecular flexibility index (Phi) is 33.5. The van der Waals surface area contributed by atoms with Crippen molar-refractivity contribution in [1.82, 2.24) is 0 Å². The van der Waals surface area contributed by atoms with Gasteiger partial charge in [-0.1, -0.05) is 276 Å². The molecular weight excluding hydrogens is 1490 g/mol. The Morgan fingerprint density at radius 2 is 0.475 bits per heavy atom. The van der Waals surface area contributed by atoms with Crippen molar-refractivity contribution in [2.45, 2.75) is 195 Å². The van der Waals surface area contributed by atoms with Gasteiger partial charge in [-0.2, -0.15) is 0 Å². The second kappa shape index (κ2) is 40.8. The van der Waals surface area contributed by atoms with Crippen LogP contribution in [0.2, 0.25) is 0 Å². The molecule has 0 aliphatic carbocycles. The molecular formula is C84H108Br3O9P3. The molecule has 9 nitrogen and oxygen atoms in total. The van der Waals surface area contributed by atoms with E-state index in [1.54, 1.807) is 54.6 Å². The molecule has 0 aliphatic rings. The monoisotopic (exact) mass is 1590 g/mol. The van der Waals surface area contributed by atoms with Gasteiger partial charge in [0, 0.05) is 51.4 Å². The predicted octanol–water partition coefficient (Wildman–Crippen LogP) is 24.4. The van der Waals surface area contributed by atoms with Crippen LogP contribution in [0.25, 0.3) is 32.9 Å². The summed E-state index contributed by atoms with van der Waals surface area (Å²) < 4.78 is 20.3. The van der Waals surface area contributed by atoms with Crippen LogP contribution in [-0.4, -0.2) is 55.5 Å². The van der Waals surface area contributed by atoms with Gasteiger partial charge in [-0.05, 0) is 129 Å². The summed E-state index contributed by atoms with van der Waals surface area (Å²) in [6.45, 7) is 20.1. The highest BCUT2D eigenvalue weighted by Crippen LogP contribution is 2.76. The van der Waals surface area contributed by atoms with E-state index >= 15 is 0 Å². The van der Waals surface area contributed by atoms with Gasteiger partial charge in [0.05, 0.1) is 72.1 Å². The molecule has 0 saturated heterocycles. The van der Waals surface area contributed by atoms with Crippen LogP contribution in [0, 0.1) is 0 Å². The van der Waals surface area contributed by atoms with Crippen molar-refractivity contribution < 1.29 is 28.6 Å². The van der Waals surface area contributed by atoms with E-state index in [4.69, 9.17) is 13.3 Å². The summed E-state index contributed by atoms with van der Waals surface area (Å²) in [5, 5.41) is 43.1. The lowest BCUT2D eigenvalue weighted by atomic mass is 10.0. The lowest BCUT2D eigenvalue weighted by molar-refractivity contribution is -0.267. The van der Waals surface area contributed by atoms with Crippen LogP contribution in [0.4, 0.5) is 0 Å². The highest BCUT2D eigenvalue weighted by molar-refractivity contribution is 9.11. The number of rotatable bonds is 36. The van der Waals surface area contributed by atoms with Gasteiger partial charge in [-0.3, -0.25) is 0 Å². The maximum atomic E-state index is 13.8. The van der Waals surface area contributed by atoms with Crippen LogP contribution in [0.3, 0.4) is 0 Å². The molecule has 0 aliphatic heterocycles. The number of para-hydroxylation sites is 3. The van der Waals surface area contributed by atoms with Crippen LogP contribution in [0.1, 0.15) is 228 Å². The molecule has 9 aromatic rings. The minimum atomic E-state index is -1.72. The number of hydrogen-bond acceptors (Lipinski definition) is 9. The summed E-state index contributed by atoms with van der Waals surface area (Å²) in [5.41, 5.74) is 3.53. The van der Waals surface area contributed by atoms with Crippen LogP contribution in [0.15, 0.2) is 187 Å². The maximum Gasteiger partial charge on any atom is 0.343 e. The van der Waals surface area contributed by atoms with Crippen molar-refractivity contribution in [2.75, 3.05) is 55.5 Å². The van der Waals surface area contributed by atoms with Gasteiger partial charge in [0.2, 0.25) is 0 Å². The zero-order chi connectivity index (χ0) is 71.5. The van der Waals surface area contributed by atoms with Gasteiger partial charge in [0.1, 0.15) is 33.7 Å². The molecule has 3 aromatic heterocycles. The molecule has 0 bridgehead atoms. The Morgan fingerprint density at radius 1 is 0.293 bits per heavy atom. The van der Waals surface area contributed by atoms with E-state index in [2.05, 4.69) is 147 Å². The Bertz CT molecular complexity index is 3630. The number of hydrogen-bond donors (Lipinski definition) is 0. The maximum absolute atomic E-state index is 13.8. The third-order valence-corrected chi connectivity index (χ3v) is 37.4. The predicted molar refractivity (Wildman–Crippen MR) is 432 cm³/mol. The van der Waals surface area contributed by atoms with Crippen molar-refractivity contribution in [3.05, 3.63) is 224 Å². The number of benzene rings is 6. The van der Waals surface area contributed by atoms with Crippen LogP contribution >= 0.6 is 69.6 Å². The van der Waals surface area contributed by atoms with E-state index < -0.39 is 38.7 Å². The van der Waals surface area contributed by atoms with E-state index in [0.29, 0.717) is 49.6 Å². The first-order valence-electron chi connectivity index (χ1n) is 36.9. The van der Waals surface area contributed by atoms with E-state index in [0.717, 1.165) is 201 Å². The minimum Gasteiger partial charge on any atom is -0.871 e. The van der Waals surface area contributed by atoms with Crippen molar-refractivity contribution in [1.29, 1.82) is 0 Å². The number of fused-ring (bicyclic) bond motifs is 3. The van der Waals surface area contributed by atoms with Gasteiger partial charge in [0.25, 0.3) is 0 Å². The van der Waals surface area contributed by atoms with Crippen molar-refractivity contribution in [3.8, 4) is 17.2 Å². The smallest absolute Gasteiger partial charge is 0.343 e. The molecule has 534 valence electrons. The highest BCUT2D eigenvalue weighted by Gasteiger charge is 2.51. The van der Waals surface area contributed by atoms with E-state index in [-0.39, 0.29) is 34.2 Å². The summed E-state index contributed by atoms with van der Waals surface area (Å²) in [4.78, 5) is 40.3. The standard InChI is InChI=1S/3C28H36BrO3P/c3*1-4-7-18-33(19-8-5-2,20-9-6-3)27(21-14-16-22(29)17-15-21)25-26(30)23-12-10-11-13-24(23)32-28(25)31/h3*10-17,27H,4-9,18-20H2,1-3H3/t3*27-/m100/s1. The van der Waals surface area contributed by atoms with Crippen molar-refractivity contribution in [2.24, 2.45) is 0 Å². The minimum absolute atomic E-state index is 0.149. The zero-order valence-corrected chi connectivity index (χ0v) is 67.8. The Morgan fingerprint density at radius 3 is 0.657 bits per heavy atom. The third kappa shape index (κ3) is 20.7. The summed E-state index contributed by atoms with van der Waals surface area (Å²) in [7, 11) is -5.17. The van der Waals surface area contributed by atoms with Crippen LogP contribution in [0.5, 0.6) is 17.2 Å². The average molecular weight is 1590 g/mol. The molecule has 0 N–H and O–H groups in total. The van der Waals surface area contributed by atoms with Crippen LogP contribution in [-0.2, 0) is 0 Å². The average Bonchev–Trinajstić information content (AvgIpc) is 0.763. The van der Waals surface area contributed by atoms with Crippen molar-refractivity contribution in [3.63, 3.8) is 0 Å². The lowest BCUT2D eigenvalue weighted by Gasteiger charge is -2.37. The van der Waals surface area contributed by atoms with Gasteiger partial charge in [-0.25, -0.2) is 14.4 Å². The van der Waals surface area contributed by atoms with Gasteiger partial charge in [0.15, 0.2) is 0 Å². The summed E-state index contributed by atoms with van der Waals surface area (Å²) in [5.74, 6) is -0.448. The third-order valence-electron chi connectivity index (χ3n) is 20.0. The van der Waals surface area contributed by atoms with Gasteiger partial charge < -0.3 is 28.6 Å². The molecule has 0 amide bonds. The fourth-order valence-electron chi connectivity index (χ4n) is 14.7. The highest BCUT2D eigenvalue weighted by atomic mass is 79.9. The topological polar surface area (TPSA) is 160 Å². The molecule has 9 rings (SSSR count). The molecule has 99 heavy (non-hydrogen) atoms. The van der Waals surface area contributed by atoms with Gasteiger partial charge >= 0.3 is 16.9 Å². The van der Waals surface area contributed by atoms with E-state index in [1.807, 2.05) is 54.6 Å². The van der Waals surface area contributed by atoms with E-state index in [1.165, 1.54) is 0 Å². The largest absolute Gasteiger partial charge is 0.871 e. The Balaban J connectivity index is 0.000000209. The Hall–Kier alpha value is -4.92. The second-order valence-electron chi connectivity index (χ2n) is 27.1. The SMILES string of the molecule is CCCC[P+](CCCC)(CCCC)[C@@H](c1ccc(Br)cc1)c1c([O-])c2ccccc2oc1=O.CCCC[P+](CCCC)(CCCC)[C@@H](c1ccc(Br)cc1)c1c([O-])c2ccccc2oc1=O.CCCC[P+](CCCC)(CCCC)[C@H](c1ccc(Br)cc1)c1c([O-])c2ccccc2oc1=O. The summed E-state index contributed by atoms with van der Waals surface area (Å²) >= 11 is 10.7. The summed E-state index contributed by atoms with van der Waals surface area (Å²) in [6.07, 6.45) is 30.1. The molecule has 0 fully saturated rings.